The molecule has 0 bridgehead atoms. The molecule has 1 aliphatic heterocycles. The van der Waals surface area contributed by atoms with E-state index in [1.807, 2.05) is 48.7 Å². The monoisotopic (exact) mass is 572 g/mol. The van der Waals surface area contributed by atoms with Crippen molar-refractivity contribution < 1.29 is 4.74 Å². The number of nitrogens with zero attached hydrogens (tertiary/aromatic N) is 3. The molecule has 1 fully saturated rings. The Morgan fingerprint density at radius 1 is 0.857 bits per heavy atom. The van der Waals surface area contributed by atoms with Crippen LogP contribution in [-0.2, 0) is 6.42 Å². The second-order valence-electron chi connectivity index (χ2n) is 11.0. The van der Waals surface area contributed by atoms with E-state index in [1.54, 1.807) is 0 Å². The van der Waals surface area contributed by atoms with E-state index >= 15 is 0 Å². The van der Waals surface area contributed by atoms with Gasteiger partial charge in [-0.15, -0.1) is 0 Å². The molecule has 6 heteroatoms. The number of thiocarbonyl (C=S) groups is 1. The molecule has 3 heterocycles. The summed E-state index contributed by atoms with van der Waals surface area (Å²) in [7, 11) is 0. The van der Waals surface area contributed by atoms with E-state index in [1.165, 1.54) is 33.8 Å². The number of aromatic nitrogens is 2. The van der Waals surface area contributed by atoms with Gasteiger partial charge in [-0.05, 0) is 117 Å². The van der Waals surface area contributed by atoms with Crippen LogP contribution in [0.5, 0.6) is 11.5 Å². The van der Waals surface area contributed by atoms with Gasteiger partial charge in [0, 0.05) is 23.3 Å². The molecule has 6 rings (SSSR count). The zero-order chi connectivity index (χ0) is 29.4. The number of nitrogens with one attached hydrogen (secondary N) is 1. The normalized spacial score (nSPS) is 16.5. The number of hydrogen-bond acceptors (Lipinski definition) is 3. The molecule has 3 aromatic carbocycles. The van der Waals surface area contributed by atoms with Crippen LogP contribution in [0.15, 0.2) is 97.2 Å². The molecule has 42 heavy (non-hydrogen) atoms. The molecule has 0 aliphatic carbocycles. The van der Waals surface area contributed by atoms with Gasteiger partial charge in [0.2, 0.25) is 0 Å². The van der Waals surface area contributed by atoms with Gasteiger partial charge in [-0.25, -0.2) is 0 Å². The van der Waals surface area contributed by atoms with Gasteiger partial charge in [0.1, 0.15) is 11.5 Å². The predicted octanol–water partition coefficient (Wildman–Crippen LogP) is 8.64. The van der Waals surface area contributed by atoms with Crippen LogP contribution in [-0.4, -0.2) is 14.7 Å². The largest absolute Gasteiger partial charge is 0.457 e. The molecule has 0 saturated carbocycles. The molecule has 2 unspecified atom stereocenters. The summed E-state index contributed by atoms with van der Waals surface area (Å²) < 4.78 is 8.61. The van der Waals surface area contributed by atoms with Crippen LogP contribution in [0.25, 0.3) is 5.69 Å². The Morgan fingerprint density at radius 2 is 1.60 bits per heavy atom. The third-order valence-electron chi connectivity index (χ3n) is 8.25. The summed E-state index contributed by atoms with van der Waals surface area (Å²) in [6, 6.07) is 31.0. The Balaban J connectivity index is 1.44. The van der Waals surface area contributed by atoms with Gasteiger partial charge in [-0.3, -0.25) is 4.98 Å². The quantitative estimate of drug-likeness (QED) is 0.198. The first-order chi connectivity index (χ1) is 20.4. The highest BCUT2D eigenvalue weighted by Gasteiger charge is 2.42. The van der Waals surface area contributed by atoms with Gasteiger partial charge >= 0.3 is 0 Å². The summed E-state index contributed by atoms with van der Waals surface area (Å²) in [6.45, 7) is 10.9. The number of anilines is 1. The number of hydrogen-bond donors (Lipinski definition) is 1. The second-order valence-corrected chi connectivity index (χ2v) is 11.3. The van der Waals surface area contributed by atoms with Crippen LogP contribution in [0.4, 0.5) is 5.69 Å². The van der Waals surface area contributed by atoms with Crippen LogP contribution < -0.4 is 15.0 Å². The van der Waals surface area contributed by atoms with E-state index in [0.717, 1.165) is 34.9 Å². The van der Waals surface area contributed by atoms with Crippen molar-refractivity contribution in [3.05, 3.63) is 137 Å². The molecule has 0 spiro atoms. The maximum atomic E-state index is 6.20. The average molecular weight is 573 g/mol. The molecular formula is C36H36N4OS. The van der Waals surface area contributed by atoms with E-state index in [9.17, 15) is 0 Å². The summed E-state index contributed by atoms with van der Waals surface area (Å²) >= 11 is 6.02. The van der Waals surface area contributed by atoms with Crippen LogP contribution >= 0.6 is 12.2 Å². The highest BCUT2D eigenvalue weighted by molar-refractivity contribution is 7.80. The standard InChI is InChI=1S/C36H36N4OS/c1-6-27-14-11-13-24(3)34(27)39-25(4)22-30(26(39)5)35-33(31-15-9-10-21-37-31)38-36(42)40(35)28-17-19-29(20-18-28)41-32-16-8-7-12-23(32)2/h7-22,33,35H,6H2,1-5H3,(H,38,42). The fraction of sp³-hybridized carbons (Fsp3) is 0.222. The smallest absolute Gasteiger partial charge is 0.174 e. The number of para-hydroxylation sites is 2. The topological polar surface area (TPSA) is 42.3 Å². The van der Waals surface area contributed by atoms with Gasteiger partial charge in [-0.1, -0.05) is 49.4 Å². The number of pyridine rings is 1. The van der Waals surface area contributed by atoms with Crippen LogP contribution in [0, 0.1) is 27.7 Å². The lowest BCUT2D eigenvalue weighted by Gasteiger charge is -2.28. The molecule has 2 aromatic heterocycles. The van der Waals surface area contributed by atoms with E-state index in [-0.39, 0.29) is 12.1 Å². The molecule has 2 atom stereocenters. The fourth-order valence-electron chi connectivity index (χ4n) is 6.18. The second kappa shape index (κ2) is 11.5. The Bertz CT molecular complexity index is 1740. The zero-order valence-electron chi connectivity index (χ0n) is 24.8. The number of benzene rings is 3. The van der Waals surface area contributed by atoms with Crippen molar-refractivity contribution in [3.8, 4) is 17.2 Å². The van der Waals surface area contributed by atoms with Crippen molar-refractivity contribution in [3.63, 3.8) is 0 Å². The van der Waals surface area contributed by atoms with Crippen LogP contribution in [0.2, 0.25) is 0 Å². The first-order valence-electron chi connectivity index (χ1n) is 14.5. The van der Waals surface area contributed by atoms with Crippen molar-refractivity contribution >= 4 is 23.0 Å². The van der Waals surface area contributed by atoms with E-state index in [2.05, 4.69) is 97.9 Å². The zero-order valence-corrected chi connectivity index (χ0v) is 25.6. The number of ether oxygens (including phenoxy) is 1. The average Bonchev–Trinajstić information content (AvgIpc) is 3.49. The third kappa shape index (κ3) is 4.96. The molecule has 1 aliphatic rings. The maximum absolute atomic E-state index is 6.20. The van der Waals surface area contributed by atoms with Gasteiger partial charge in [-0.2, -0.15) is 0 Å². The van der Waals surface area contributed by atoms with E-state index < -0.39 is 0 Å². The van der Waals surface area contributed by atoms with Crippen molar-refractivity contribution in [2.45, 2.75) is 53.1 Å². The van der Waals surface area contributed by atoms with Crippen molar-refractivity contribution in [1.29, 1.82) is 0 Å². The first-order valence-corrected chi connectivity index (χ1v) is 14.9. The Morgan fingerprint density at radius 3 is 2.31 bits per heavy atom. The maximum Gasteiger partial charge on any atom is 0.174 e. The minimum Gasteiger partial charge on any atom is -0.457 e. The minimum absolute atomic E-state index is 0.0930. The predicted molar refractivity (Wildman–Crippen MR) is 175 cm³/mol. The van der Waals surface area contributed by atoms with E-state index in [4.69, 9.17) is 21.9 Å². The molecule has 1 N–H and O–H groups in total. The highest BCUT2D eigenvalue weighted by atomic mass is 32.1. The molecule has 5 aromatic rings. The van der Waals surface area contributed by atoms with Crippen LogP contribution in [0.3, 0.4) is 0 Å². The summed E-state index contributed by atoms with van der Waals surface area (Å²) in [5.74, 6) is 1.64. The van der Waals surface area contributed by atoms with Gasteiger partial charge in [0.15, 0.2) is 5.11 Å². The number of rotatable bonds is 7. The van der Waals surface area contributed by atoms with E-state index in [0.29, 0.717) is 5.11 Å². The van der Waals surface area contributed by atoms with Gasteiger partial charge in [0.25, 0.3) is 0 Å². The summed E-state index contributed by atoms with van der Waals surface area (Å²) in [6.07, 6.45) is 2.82. The molecular weight excluding hydrogens is 536 g/mol. The highest BCUT2D eigenvalue weighted by Crippen LogP contribution is 2.44. The molecule has 0 amide bonds. The SMILES string of the molecule is CCc1cccc(C)c1-n1c(C)cc(C2C(c3ccccn3)NC(=S)N2c2ccc(Oc3ccccc3C)cc2)c1C. The summed E-state index contributed by atoms with van der Waals surface area (Å²) in [5.41, 5.74) is 10.6. The van der Waals surface area contributed by atoms with Gasteiger partial charge < -0.3 is 19.5 Å². The third-order valence-corrected chi connectivity index (χ3v) is 8.56. The first kappa shape index (κ1) is 27.7. The van der Waals surface area contributed by atoms with Gasteiger partial charge in [0.05, 0.1) is 23.5 Å². The fourth-order valence-corrected chi connectivity index (χ4v) is 6.52. The van der Waals surface area contributed by atoms with Crippen molar-refractivity contribution in [1.82, 2.24) is 14.9 Å². The molecule has 1 saturated heterocycles. The lowest BCUT2D eigenvalue weighted by molar-refractivity contribution is 0.479. The lowest BCUT2D eigenvalue weighted by atomic mass is 9.96. The number of aryl methyl sites for hydroxylation is 4. The molecule has 0 radical (unpaired) electrons. The minimum atomic E-state index is -0.113. The van der Waals surface area contributed by atoms with Crippen molar-refractivity contribution in [2.24, 2.45) is 0 Å². The molecule has 212 valence electrons. The Labute approximate surface area is 253 Å². The van der Waals surface area contributed by atoms with Crippen LogP contribution in [0.1, 0.15) is 58.3 Å². The summed E-state index contributed by atoms with van der Waals surface area (Å²) in [4.78, 5) is 6.98. The Hall–Kier alpha value is -4.42. The lowest BCUT2D eigenvalue weighted by Crippen LogP contribution is -2.29. The summed E-state index contributed by atoms with van der Waals surface area (Å²) in [5, 5.41) is 4.29. The van der Waals surface area contributed by atoms with Crippen molar-refractivity contribution in [2.75, 3.05) is 4.90 Å². The Kier molecular flexibility index (Phi) is 7.56. The molecule has 5 nitrogen and oxygen atoms in total.